The van der Waals surface area contributed by atoms with Crippen molar-refractivity contribution < 1.29 is 0 Å². The van der Waals surface area contributed by atoms with Crippen LogP contribution in [0.4, 0.5) is 11.4 Å². The Balaban J connectivity index is 2.50. The number of benzene rings is 2. The molecule has 0 radical (unpaired) electrons. The van der Waals surface area contributed by atoms with Crippen LogP contribution in [0, 0.1) is 56.7 Å². The van der Waals surface area contributed by atoms with E-state index in [0.717, 1.165) is 0 Å². The monoisotopic (exact) mass is 343 g/mol. The second-order valence-corrected chi connectivity index (χ2v) is 5.07. The fraction of sp³-hybridized carbons (Fsp3) is 0. The van der Waals surface area contributed by atoms with Gasteiger partial charge in [0.05, 0.1) is 45.3 Å². The first-order chi connectivity index (χ1) is 12.1. The molecular formula is C17H6ClN7. The SMILES string of the molecule is N#Cc1cc(C#N)c(NNc2c(C#N)cc(Cl)cc2C#N)c(C#N)c1. The molecule has 25 heavy (non-hydrogen) atoms. The second-order valence-electron chi connectivity index (χ2n) is 4.63. The minimum absolute atomic E-state index is 0.0640. The molecule has 0 aliphatic carbocycles. The molecule has 7 nitrogen and oxygen atoms in total. The molecule has 0 saturated carbocycles. The number of halogens is 1. The molecular weight excluding hydrogens is 338 g/mol. The summed E-state index contributed by atoms with van der Waals surface area (Å²) < 4.78 is 0. The quantitative estimate of drug-likeness (QED) is 0.814. The Kier molecular flexibility index (Phi) is 5.05. The molecule has 0 aromatic heterocycles. The van der Waals surface area contributed by atoms with Crippen molar-refractivity contribution in [3.63, 3.8) is 0 Å². The highest BCUT2D eigenvalue weighted by Crippen LogP contribution is 2.27. The van der Waals surface area contributed by atoms with Crippen LogP contribution in [-0.2, 0) is 0 Å². The predicted molar refractivity (Wildman–Crippen MR) is 88.7 cm³/mol. The summed E-state index contributed by atoms with van der Waals surface area (Å²) in [5, 5.41) is 46.1. The number of rotatable bonds is 3. The van der Waals surface area contributed by atoms with Crippen molar-refractivity contribution in [1.29, 1.82) is 26.3 Å². The van der Waals surface area contributed by atoms with E-state index in [1.165, 1.54) is 24.3 Å². The van der Waals surface area contributed by atoms with Crippen LogP contribution in [0.2, 0.25) is 5.02 Å². The van der Waals surface area contributed by atoms with E-state index in [1.54, 1.807) is 0 Å². The molecule has 2 aromatic rings. The topological polar surface area (TPSA) is 143 Å². The lowest BCUT2D eigenvalue weighted by Crippen LogP contribution is -2.14. The number of nitriles is 5. The summed E-state index contributed by atoms with van der Waals surface area (Å²) >= 11 is 5.86. The summed E-state index contributed by atoms with van der Waals surface area (Å²) in [6, 6.07) is 14.9. The largest absolute Gasteiger partial charge is 0.298 e. The van der Waals surface area contributed by atoms with Crippen molar-refractivity contribution in [2.24, 2.45) is 0 Å². The standard InChI is InChI=1S/C17H6ClN7/c18-15-3-13(8-22)17(14(4-15)9-23)25-24-16-11(6-20)1-10(5-19)2-12(16)7-21/h1-4,24-25H. The third-order valence-electron chi connectivity index (χ3n) is 3.16. The van der Waals surface area contributed by atoms with Gasteiger partial charge in [-0.1, -0.05) is 11.6 Å². The lowest BCUT2D eigenvalue weighted by Gasteiger charge is -2.15. The van der Waals surface area contributed by atoms with Gasteiger partial charge in [-0.05, 0) is 24.3 Å². The van der Waals surface area contributed by atoms with Crippen molar-refractivity contribution in [3.8, 4) is 30.3 Å². The van der Waals surface area contributed by atoms with E-state index in [4.69, 9.17) is 16.9 Å². The van der Waals surface area contributed by atoms with Crippen molar-refractivity contribution in [1.82, 2.24) is 0 Å². The van der Waals surface area contributed by atoms with E-state index < -0.39 is 0 Å². The lowest BCUT2D eigenvalue weighted by molar-refractivity contribution is 1.33. The van der Waals surface area contributed by atoms with Crippen LogP contribution in [0.3, 0.4) is 0 Å². The van der Waals surface area contributed by atoms with Crippen LogP contribution in [0.25, 0.3) is 0 Å². The van der Waals surface area contributed by atoms with Crippen LogP contribution >= 0.6 is 11.6 Å². The molecule has 2 aromatic carbocycles. The molecule has 0 unspecified atom stereocenters. The molecule has 0 saturated heterocycles. The lowest BCUT2D eigenvalue weighted by atomic mass is 10.0. The van der Waals surface area contributed by atoms with Gasteiger partial charge < -0.3 is 0 Å². The summed E-state index contributed by atoms with van der Waals surface area (Å²) in [7, 11) is 0. The zero-order valence-electron chi connectivity index (χ0n) is 12.4. The summed E-state index contributed by atoms with van der Waals surface area (Å²) in [6.45, 7) is 0. The first-order valence-electron chi connectivity index (χ1n) is 6.62. The molecule has 0 heterocycles. The number of hydrogen-bond donors (Lipinski definition) is 2. The highest BCUT2D eigenvalue weighted by Gasteiger charge is 2.14. The molecule has 116 valence electrons. The van der Waals surface area contributed by atoms with Crippen molar-refractivity contribution in [2.45, 2.75) is 0 Å². The Morgan fingerprint density at radius 1 is 0.600 bits per heavy atom. The third-order valence-corrected chi connectivity index (χ3v) is 3.38. The van der Waals surface area contributed by atoms with Gasteiger partial charge in [-0.15, -0.1) is 0 Å². The number of anilines is 2. The Morgan fingerprint density at radius 2 is 0.960 bits per heavy atom. The summed E-state index contributed by atoms with van der Waals surface area (Å²) in [4.78, 5) is 0. The molecule has 0 aliphatic heterocycles. The zero-order chi connectivity index (χ0) is 18.4. The summed E-state index contributed by atoms with van der Waals surface area (Å²) in [5.41, 5.74) is 6.16. The van der Waals surface area contributed by atoms with E-state index in [2.05, 4.69) is 10.9 Å². The summed E-state index contributed by atoms with van der Waals surface area (Å²) in [5.74, 6) is 0. The van der Waals surface area contributed by atoms with Crippen LogP contribution in [0.5, 0.6) is 0 Å². The Labute approximate surface area is 148 Å². The van der Waals surface area contributed by atoms with E-state index in [-0.39, 0.29) is 44.2 Å². The number of nitrogens with one attached hydrogen (secondary N) is 2. The van der Waals surface area contributed by atoms with Crippen LogP contribution in [-0.4, -0.2) is 0 Å². The maximum Gasteiger partial charge on any atom is 0.101 e. The van der Waals surface area contributed by atoms with E-state index in [0.29, 0.717) is 0 Å². The van der Waals surface area contributed by atoms with Crippen LogP contribution in [0.1, 0.15) is 27.8 Å². The maximum absolute atomic E-state index is 9.23. The van der Waals surface area contributed by atoms with Gasteiger partial charge in [0.15, 0.2) is 0 Å². The normalized spacial score (nSPS) is 8.80. The van der Waals surface area contributed by atoms with Crippen molar-refractivity contribution in [3.05, 3.63) is 57.1 Å². The first kappa shape index (κ1) is 17.1. The van der Waals surface area contributed by atoms with Gasteiger partial charge in [-0.25, -0.2) is 0 Å². The van der Waals surface area contributed by atoms with Crippen molar-refractivity contribution in [2.75, 3.05) is 10.9 Å². The minimum Gasteiger partial charge on any atom is -0.298 e. The zero-order valence-corrected chi connectivity index (χ0v) is 13.2. The van der Waals surface area contributed by atoms with Crippen LogP contribution in [0.15, 0.2) is 24.3 Å². The average molecular weight is 344 g/mol. The van der Waals surface area contributed by atoms with Gasteiger partial charge in [0.25, 0.3) is 0 Å². The number of hydrogen-bond acceptors (Lipinski definition) is 7. The Morgan fingerprint density at radius 3 is 1.28 bits per heavy atom. The fourth-order valence-corrected chi connectivity index (χ4v) is 2.28. The van der Waals surface area contributed by atoms with E-state index in [1.807, 2.05) is 30.3 Å². The van der Waals surface area contributed by atoms with Crippen molar-refractivity contribution >= 4 is 23.0 Å². The van der Waals surface area contributed by atoms with E-state index >= 15 is 0 Å². The molecule has 0 amide bonds. The van der Waals surface area contributed by atoms with Gasteiger partial charge in [0, 0.05) is 5.02 Å². The molecule has 2 N–H and O–H groups in total. The Bertz CT molecular complexity index is 999. The smallest absolute Gasteiger partial charge is 0.101 e. The first-order valence-corrected chi connectivity index (χ1v) is 6.99. The van der Waals surface area contributed by atoms with Gasteiger partial charge >= 0.3 is 0 Å². The molecule has 0 spiro atoms. The average Bonchev–Trinajstić information content (AvgIpc) is 2.65. The molecule has 2 rings (SSSR count). The van der Waals surface area contributed by atoms with Gasteiger partial charge in [0.2, 0.25) is 0 Å². The van der Waals surface area contributed by atoms with Gasteiger partial charge in [-0.3, -0.25) is 10.9 Å². The van der Waals surface area contributed by atoms with E-state index in [9.17, 15) is 21.0 Å². The molecule has 0 atom stereocenters. The predicted octanol–water partition coefficient (Wildman–Crippen LogP) is 3.14. The second kappa shape index (κ2) is 7.36. The number of hydrazine groups is 1. The highest BCUT2D eigenvalue weighted by molar-refractivity contribution is 6.31. The fourth-order valence-electron chi connectivity index (χ4n) is 2.06. The summed E-state index contributed by atoms with van der Waals surface area (Å²) in [6.07, 6.45) is 0. The minimum atomic E-state index is 0.0640. The van der Waals surface area contributed by atoms with Gasteiger partial charge in [-0.2, -0.15) is 26.3 Å². The Hall–Kier alpha value is -4.22. The van der Waals surface area contributed by atoms with Gasteiger partial charge in [0.1, 0.15) is 24.3 Å². The highest BCUT2D eigenvalue weighted by atomic mass is 35.5. The molecule has 0 bridgehead atoms. The number of nitrogens with zero attached hydrogens (tertiary/aromatic N) is 5. The molecule has 0 aliphatic rings. The third kappa shape index (κ3) is 3.42. The van der Waals surface area contributed by atoms with Crippen LogP contribution < -0.4 is 10.9 Å². The maximum atomic E-state index is 9.23. The molecule has 0 fully saturated rings. The molecule has 8 heteroatoms.